The van der Waals surface area contributed by atoms with Crippen LogP contribution in [0.5, 0.6) is 5.75 Å². The van der Waals surface area contributed by atoms with Crippen LogP contribution in [-0.4, -0.2) is 33.1 Å². The van der Waals surface area contributed by atoms with Gasteiger partial charge in [-0.1, -0.05) is 31.3 Å². The predicted octanol–water partition coefficient (Wildman–Crippen LogP) is 4.28. The fourth-order valence-electron chi connectivity index (χ4n) is 3.20. The van der Waals surface area contributed by atoms with E-state index in [1.165, 1.54) is 28.0 Å². The van der Waals surface area contributed by atoms with E-state index < -0.39 is 5.97 Å². The number of fused-ring (bicyclic) bond motifs is 1. The van der Waals surface area contributed by atoms with E-state index in [1.807, 2.05) is 20.8 Å². The van der Waals surface area contributed by atoms with Crippen LogP contribution in [0.15, 0.2) is 59.4 Å². The number of carbonyl (C=O) groups is 2. The molecule has 0 radical (unpaired) electrons. The molecule has 0 saturated carbocycles. The zero-order chi connectivity index (χ0) is 24.9. The van der Waals surface area contributed by atoms with Gasteiger partial charge < -0.3 is 14.8 Å². The molecule has 0 spiro atoms. The molecule has 0 atom stereocenters. The van der Waals surface area contributed by atoms with Gasteiger partial charge in [-0.05, 0) is 49.4 Å². The lowest BCUT2D eigenvalue weighted by Gasteiger charge is -2.09. The zero-order valence-electron chi connectivity index (χ0n) is 19.5. The highest BCUT2D eigenvalue weighted by atomic mass is 32.1. The number of amides is 1. The first-order chi connectivity index (χ1) is 16.8. The Hall–Kier alpha value is -4.05. The van der Waals surface area contributed by atoms with Crippen LogP contribution in [0.25, 0.3) is 4.96 Å². The molecule has 4 aromatic rings. The average Bonchev–Trinajstić information content (AvgIpc) is 3.29. The van der Waals surface area contributed by atoms with Crippen LogP contribution in [0, 0.1) is 0 Å². The SMILES string of the molecule is CCOc1ccc(C(=O)Nc2cccc(C(=O)OCc3cc(=O)n4nc(C(C)C)sc4n3)c2)cc1. The van der Waals surface area contributed by atoms with E-state index in [0.717, 1.165) is 5.01 Å². The van der Waals surface area contributed by atoms with Crippen molar-refractivity contribution in [2.24, 2.45) is 0 Å². The van der Waals surface area contributed by atoms with E-state index in [2.05, 4.69) is 15.4 Å². The summed E-state index contributed by atoms with van der Waals surface area (Å²) in [4.78, 5) is 42.3. The number of hydrogen-bond donors (Lipinski definition) is 1. The van der Waals surface area contributed by atoms with Crippen LogP contribution in [0.3, 0.4) is 0 Å². The molecule has 2 aromatic carbocycles. The molecule has 0 aliphatic heterocycles. The van der Waals surface area contributed by atoms with Crippen molar-refractivity contribution < 1.29 is 19.1 Å². The molecular weight excluding hydrogens is 468 g/mol. The number of aromatic nitrogens is 3. The number of anilines is 1. The molecule has 1 amide bonds. The summed E-state index contributed by atoms with van der Waals surface area (Å²) in [5.41, 5.74) is 1.16. The molecule has 0 aliphatic carbocycles. The van der Waals surface area contributed by atoms with E-state index in [-0.39, 0.29) is 29.6 Å². The Morgan fingerprint density at radius 1 is 1.09 bits per heavy atom. The van der Waals surface area contributed by atoms with E-state index in [9.17, 15) is 14.4 Å². The molecule has 2 aromatic heterocycles. The smallest absolute Gasteiger partial charge is 0.338 e. The molecule has 0 aliphatic rings. The third-order valence-corrected chi connectivity index (χ3v) is 6.15. The summed E-state index contributed by atoms with van der Waals surface area (Å²) in [6, 6.07) is 14.5. The largest absolute Gasteiger partial charge is 0.494 e. The van der Waals surface area contributed by atoms with Gasteiger partial charge in [0.25, 0.3) is 11.5 Å². The Bertz CT molecular complexity index is 1430. The topological polar surface area (TPSA) is 112 Å². The number of ether oxygens (including phenoxy) is 2. The van der Waals surface area contributed by atoms with Crippen molar-refractivity contribution in [1.82, 2.24) is 14.6 Å². The van der Waals surface area contributed by atoms with Gasteiger partial charge in [0.15, 0.2) is 0 Å². The van der Waals surface area contributed by atoms with E-state index in [0.29, 0.717) is 34.3 Å². The highest BCUT2D eigenvalue weighted by molar-refractivity contribution is 7.16. The second-order valence-electron chi connectivity index (χ2n) is 7.94. The number of hydrogen-bond acceptors (Lipinski definition) is 8. The van der Waals surface area contributed by atoms with Gasteiger partial charge in [-0.3, -0.25) is 9.59 Å². The van der Waals surface area contributed by atoms with Gasteiger partial charge in [-0.15, -0.1) is 0 Å². The number of esters is 1. The van der Waals surface area contributed by atoms with Crippen molar-refractivity contribution in [3.05, 3.63) is 86.8 Å². The van der Waals surface area contributed by atoms with Crippen molar-refractivity contribution in [3.63, 3.8) is 0 Å². The minimum atomic E-state index is -0.601. The summed E-state index contributed by atoms with van der Waals surface area (Å²) in [5, 5.41) is 7.84. The molecule has 0 fully saturated rings. The van der Waals surface area contributed by atoms with E-state index in [4.69, 9.17) is 9.47 Å². The van der Waals surface area contributed by atoms with E-state index in [1.54, 1.807) is 42.5 Å². The second-order valence-corrected chi connectivity index (χ2v) is 8.93. The van der Waals surface area contributed by atoms with Crippen molar-refractivity contribution in [1.29, 1.82) is 0 Å². The lowest BCUT2D eigenvalue weighted by molar-refractivity contribution is 0.0467. The number of benzene rings is 2. The Morgan fingerprint density at radius 2 is 1.86 bits per heavy atom. The molecule has 1 N–H and O–H groups in total. The van der Waals surface area contributed by atoms with Gasteiger partial charge in [0.2, 0.25) is 4.96 Å². The van der Waals surface area contributed by atoms with Crippen molar-refractivity contribution in [3.8, 4) is 5.75 Å². The fourth-order valence-corrected chi connectivity index (χ4v) is 4.12. The maximum atomic E-state index is 12.6. The standard InChI is InChI=1S/C25H24N4O5S/c1-4-33-20-10-8-16(9-11-20)22(31)26-18-7-5-6-17(12-18)24(32)34-14-19-13-21(30)29-25(27-19)35-23(28-29)15(2)3/h5-13,15H,4,14H2,1-3H3,(H,26,31). The van der Waals surface area contributed by atoms with Crippen LogP contribution >= 0.6 is 11.3 Å². The molecule has 35 heavy (non-hydrogen) atoms. The molecule has 180 valence electrons. The molecule has 0 unspecified atom stereocenters. The maximum Gasteiger partial charge on any atom is 0.338 e. The van der Waals surface area contributed by atoms with Gasteiger partial charge in [0.05, 0.1) is 17.9 Å². The summed E-state index contributed by atoms with van der Waals surface area (Å²) in [6.45, 7) is 6.24. The van der Waals surface area contributed by atoms with Crippen LogP contribution < -0.4 is 15.6 Å². The van der Waals surface area contributed by atoms with Gasteiger partial charge in [0, 0.05) is 23.2 Å². The molecule has 0 saturated heterocycles. The number of nitrogens with one attached hydrogen (secondary N) is 1. The van der Waals surface area contributed by atoms with Crippen LogP contribution in [-0.2, 0) is 11.3 Å². The number of rotatable bonds is 8. The third kappa shape index (κ3) is 5.72. The minimum Gasteiger partial charge on any atom is -0.494 e. The maximum absolute atomic E-state index is 12.6. The second kappa shape index (κ2) is 10.5. The quantitative estimate of drug-likeness (QED) is 0.365. The predicted molar refractivity (Wildman–Crippen MR) is 132 cm³/mol. The first kappa shape index (κ1) is 24.1. The fraction of sp³-hybridized carbons (Fsp3) is 0.240. The van der Waals surface area contributed by atoms with Crippen molar-refractivity contribution >= 4 is 33.9 Å². The third-order valence-electron chi connectivity index (χ3n) is 4.94. The monoisotopic (exact) mass is 492 g/mol. The summed E-state index contributed by atoms with van der Waals surface area (Å²) < 4.78 is 12.0. The Balaban J connectivity index is 1.41. The first-order valence-electron chi connectivity index (χ1n) is 11.0. The van der Waals surface area contributed by atoms with Crippen LogP contribution in [0.1, 0.15) is 58.1 Å². The summed E-state index contributed by atoms with van der Waals surface area (Å²) in [6.07, 6.45) is 0. The van der Waals surface area contributed by atoms with Gasteiger partial charge in [-0.25, -0.2) is 9.78 Å². The molecule has 0 bridgehead atoms. The molecule has 2 heterocycles. The summed E-state index contributed by atoms with van der Waals surface area (Å²) in [7, 11) is 0. The normalized spacial score (nSPS) is 11.0. The summed E-state index contributed by atoms with van der Waals surface area (Å²) >= 11 is 1.33. The first-order valence-corrected chi connectivity index (χ1v) is 11.9. The van der Waals surface area contributed by atoms with Crippen molar-refractivity contribution in [2.75, 3.05) is 11.9 Å². The van der Waals surface area contributed by atoms with Gasteiger partial charge in [-0.2, -0.15) is 9.61 Å². The van der Waals surface area contributed by atoms with Crippen LogP contribution in [0.2, 0.25) is 0 Å². The molecular formula is C25H24N4O5S. The zero-order valence-corrected chi connectivity index (χ0v) is 20.3. The van der Waals surface area contributed by atoms with Gasteiger partial charge >= 0.3 is 5.97 Å². The molecule has 4 rings (SSSR count). The summed E-state index contributed by atoms with van der Waals surface area (Å²) in [5.74, 6) is -0.0661. The molecule has 9 nitrogen and oxygen atoms in total. The van der Waals surface area contributed by atoms with Gasteiger partial charge in [0.1, 0.15) is 17.4 Å². The van der Waals surface area contributed by atoms with E-state index >= 15 is 0 Å². The number of carbonyl (C=O) groups excluding carboxylic acids is 2. The lowest BCUT2D eigenvalue weighted by Crippen LogP contribution is -2.17. The minimum absolute atomic E-state index is 0.164. The Kier molecular flexibility index (Phi) is 7.21. The highest BCUT2D eigenvalue weighted by Crippen LogP contribution is 2.20. The van der Waals surface area contributed by atoms with Crippen molar-refractivity contribution in [2.45, 2.75) is 33.3 Å². The average molecular weight is 493 g/mol. The Morgan fingerprint density at radius 3 is 2.57 bits per heavy atom. The van der Waals surface area contributed by atoms with Crippen LogP contribution in [0.4, 0.5) is 5.69 Å². The number of nitrogens with zero attached hydrogens (tertiary/aromatic N) is 3. The Labute approximate surface area is 205 Å². The lowest BCUT2D eigenvalue weighted by atomic mass is 10.1. The molecule has 10 heteroatoms. The highest BCUT2D eigenvalue weighted by Gasteiger charge is 2.14.